The molecular formula is C14H19ClN4O5Ru. The van der Waals surface area contributed by atoms with Gasteiger partial charge in [0.1, 0.15) is 30.1 Å². The van der Waals surface area contributed by atoms with Gasteiger partial charge in [0.05, 0.1) is 18.5 Å². The Morgan fingerprint density at radius 2 is 1.84 bits per heavy atom. The van der Waals surface area contributed by atoms with E-state index in [1.807, 2.05) is 17.3 Å². The summed E-state index contributed by atoms with van der Waals surface area (Å²) < 4.78 is 6.62. The van der Waals surface area contributed by atoms with Crippen LogP contribution in [0.5, 0.6) is 0 Å². The number of aromatic nitrogens is 4. The van der Waals surface area contributed by atoms with Gasteiger partial charge in [-0.1, -0.05) is 11.3 Å². The fourth-order valence-corrected chi connectivity index (χ4v) is 2.33. The van der Waals surface area contributed by atoms with Gasteiger partial charge < -0.3 is 32.6 Å². The molecule has 0 radical (unpaired) electrons. The van der Waals surface area contributed by atoms with E-state index in [1.165, 1.54) is 10.9 Å². The standard InChI is InChI=1S/C13H16N4O5.CH3.ClH.Ru/c18-6-9-10(19)11(20)12(21)13(22-9)17-5-8(15-16-17)7-3-1-2-4-14-7;;;/h1-5,9-13,18-21H,6H2;1H3;1H;/q;-1;;+2/p-1/t9?,10-,11+,12?,13-;;;/m1.../s1. The van der Waals surface area contributed by atoms with Gasteiger partial charge in [0.15, 0.2) is 6.23 Å². The predicted molar refractivity (Wildman–Crippen MR) is 84.5 cm³/mol. The molecule has 3 rings (SSSR count). The molecule has 1 fully saturated rings. The van der Waals surface area contributed by atoms with Crippen molar-refractivity contribution in [2.75, 3.05) is 6.61 Å². The molecule has 1 saturated heterocycles. The Morgan fingerprint density at radius 1 is 1.12 bits per heavy atom. The quantitative estimate of drug-likeness (QED) is 0.355. The summed E-state index contributed by atoms with van der Waals surface area (Å²) in [5, 5.41) is 46.6. The van der Waals surface area contributed by atoms with Crippen molar-refractivity contribution < 1.29 is 42.5 Å². The molecule has 5 atom stereocenters. The van der Waals surface area contributed by atoms with Gasteiger partial charge in [-0.15, -0.1) is 5.10 Å². The number of hydrogen-bond acceptors (Lipinski definition) is 8. The van der Waals surface area contributed by atoms with E-state index in [0.717, 1.165) is 0 Å². The summed E-state index contributed by atoms with van der Waals surface area (Å²) in [7, 11) is 4.57. The first-order chi connectivity index (χ1) is 11.6. The maximum absolute atomic E-state index is 10.0. The zero-order chi connectivity index (χ0) is 17.7. The van der Waals surface area contributed by atoms with Crippen LogP contribution in [-0.2, 0) is 22.0 Å². The van der Waals surface area contributed by atoms with Crippen molar-refractivity contribution in [1.82, 2.24) is 20.0 Å². The molecule has 140 valence electrons. The van der Waals surface area contributed by atoms with Crippen LogP contribution in [0.4, 0.5) is 0 Å². The molecule has 1 aliphatic heterocycles. The Labute approximate surface area is 159 Å². The fourth-order valence-electron chi connectivity index (χ4n) is 2.33. The number of hydrogen-bond donors (Lipinski definition) is 4. The van der Waals surface area contributed by atoms with Crippen LogP contribution < -0.4 is 0 Å². The van der Waals surface area contributed by atoms with E-state index in [4.69, 9.17) is 4.74 Å². The number of ether oxygens (including phenoxy) is 1. The maximum atomic E-state index is 10.0. The molecule has 0 spiro atoms. The van der Waals surface area contributed by atoms with Crippen LogP contribution in [-0.4, -0.2) is 71.4 Å². The van der Waals surface area contributed by atoms with Crippen molar-refractivity contribution >= 4 is 9.69 Å². The van der Waals surface area contributed by atoms with E-state index >= 15 is 0 Å². The van der Waals surface area contributed by atoms with Crippen molar-refractivity contribution in [2.45, 2.75) is 30.6 Å². The van der Waals surface area contributed by atoms with Gasteiger partial charge >= 0.3 is 27.0 Å². The Balaban J connectivity index is 0.00000101. The van der Waals surface area contributed by atoms with Gasteiger partial charge in [0, 0.05) is 6.20 Å². The summed E-state index contributed by atoms with van der Waals surface area (Å²) in [4.78, 5) is 4.14. The van der Waals surface area contributed by atoms with Gasteiger partial charge in [-0.25, -0.2) is 4.68 Å². The Hall–Kier alpha value is -0.997. The average molecular weight is 460 g/mol. The zero-order valence-electron chi connectivity index (χ0n) is 13.2. The molecule has 0 aromatic carbocycles. The van der Waals surface area contributed by atoms with Crippen LogP contribution in [0.25, 0.3) is 11.4 Å². The minimum atomic E-state index is -1.46. The first-order valence-corrected chi connectivity index (χ1v) is 9.12. The molecule has 0 bridgehead atoms. The second-order valence-electron chi connectivity index (χ2n) is 5.02. The van der Waals surface area contributed by atoms with Crippen molar-refractivity contribution in [3.63, 3.8) is 0 Å². The van der Waals surface area contributed by atoms with Crippen molar-refractivity contribution in [2.24, 2.45) is 0 Å². The van der Waals surface area contributed by atoms with Crippen molar-refractivity contribution in [3.05, 3.63) is 38.0 Å². The third-order valence-corrected chi connectivity index (χ3v) is 3.57. The van der Waals surface area contributed by atoms with E-state index in [-0.39, 0.29) is 7.43 Å². The van der Waals surface area contributed by atoms with Crippen LogP contribution in [0.1, 0.15) is 6.23 Å². The molecule has 2 aromatic rings. The third kappa shape index (κ3) is 4.80. The summed E-state index contributed by atoms with van der Waals surface area (Å²) in [6.45, 7) is -0.497. The van der Waals surface area contributed by atoms with Gasteiger partial charge in [0.25, 0.3) is 0 Å². The number of nitrogens with zero attached hydrogens (tertiary/aromatic N) is 4. The Morgan fingerprint density at radius 3 is 2.44 bits per heavy atom. The molecule has 11 heteroatoms. The summed E-state index contributed by atoms with van der Waals surface area (Å²) >= 11 is 1.82. The molecule has 0 aliphatic carbocycles. The van der Waals surface area contributed by atoms with Crippen LogP contribution in [0.15, 0.2) is 30.6 Å². The third-order valence-electron chi connectivity index (χ3n) is 3.57. The Bertz CT molecular complexity index is 633. The summed E-state index contributed by atoms with van der Waals surface area (Å²) in [5.74, 6) is 0. The summed E-state index contributed by atoms with van der Waals surface area (Å²) in [6.07, 6.45) is -3.21. The molecule has 2 unspecified atom stereocenters. The molecule has 3 heterocycles. The number of rotatable bonds is 3. The first-order valence-electron chi connectivity index (χ1n) is 6.89. The number of pyridine rings is 1. The van der Waals surface area contributed by atoms with E-state index in [1.54, 1.807) is 24.4 Å². The Kier molecular flexibility index (Phi) is 9.02. The van der Waals surface area contributed by atoms with Crippen molar-refractivity contribution in [3.8, 4) is 11.4 Å². The SMILES string of the molecule is OCC1O[C@@H](n2cc(-c3ccccn3)nn2)C(O)[C@@H](O)[C@@H]1O.[CH3-].[Cl][Ru+]. The van der Waals surface area contributed by atoms with E-state index in [9.17, 15) is 20.4 Å². The van der Waals surface area contributed by atoms with Crippen molar-refractivity contribution in [1.29, 1.82) is 0 Å². The van der Waals surface area contributed by atoms with E-state index in [2.05, 4.69) is 25.0 Å². The average Bonchev–Trinajstić information content (AvgIpc) is 3.12. The summed E-state index contributed by atoms with van der Waals surface area (Å²) in [5.41, 5.74) is 1.07. The normalized spacial score (nSPS) is 28.5. The molecule has 4 N–H and O–H groups in total. The molecule has 2 aromatic heterocycles. The minimum absolute atomic E-state index is 0. The second kappa shape index (κ2) is 10.2. The topological polar surface area (TPSA) is 134 Å². The van der Waals surface area contributed by atoms with E-state index in [0.29, 0.717) is 11.4 Å². The van der Waals surface area contributed by atoms with Crippen LogP contribution >= 0.6 is 9.69 Å². The van der Waals surface area contributed by atoms with Gasteiger partial charge in [0.2, 0.25) is 0 Å². The fraction of sp³-hybridized carbons (Fsp3) is 0.429. The first kappa shape index (κ1) is 22.0. The second-order valence-corrected chi connectivity index (χ2v) is 5.02. The molecule has 9 nitrogen and oxygen atoms in total. The van der Waals surface area contributed by atoms with Gasteiger partial charge in [-0.2, -0.15) is 0 Å². The van der Waals surface area contributed by atoms with Crippen LogP contribution in [0.2, 0.25) is 0 Å². The summed E-state index contributed by atoms with van der Waals surface area (Å²) in [6, 6.07) is 5.32. The molecule has 25 heavy (non-hydrogen) atoms. The number of halogens is 1. The zero-order valence-corrected chi connectivity index (χ0v) is 15.7. The molecular weight excluding hydrogens is 441 g/mol. The number of aliphatic hydroxyl groups is 4. The van der Waals surface area contributed by atoms with E-state index < -0.39 is 37.3 Å². The number of aliphatic hydroxyl groups excluding tert-OH is 4. The monoisotopic (exact) mass is 460 g/mol. The molecule has 0 amide bonds. The van der Waals surface area contributed by atoms with Crippen LogP contribution in [0.3, 0.4) is 0 Å². The molecule has 1 aliphatic rings. The van der Waals surface area contributed by atoms with Crippen LogP contribution in [0, 0.1) is 7.43 Å². The molecule has 0 saturated carbocycles. The predicted octanol–water partition coefficient (Wildman–Crippen LogP) is -0.550. The van der Waals surface area contributed by atoms with Gasteiger partial charge in [-0.3, -0.25) is 4.98 Å². The van der Waals surface area contributed by atoms with Gasteiger partial charge in [-0.05, 0) is 12.1 Å².